The molecule has 4 unspecified atom stereocenters. The Bertz CT molecular complexity index is 2020. The van der Waals surface area contributed by atoms with Gasteiger partial charge in [-0.05, 0) is 89.9 Å². The fourth-order valence-corrected chi connectivity index (χ4v) is 15.6. The molecule has 0 spiro atoms. The predicted octanol–water partition coefficient (Wildman–Crippen LogP) is 19.4. The first-order valence-corrected chi connectivity index (χ1v) is 48.7. The summed E-state index contributed by atoms with van der Waals surface area (Å²) in [7, 11) is -9.33. The second-order valence-corrected chi connectivity index (χ2v) is 34.4. The molecule has 0 aliphatic heterocycles. The monoisotopic (exact) mass is 1620 g/mol. The normalized spacial score (nSPS) is 13.6. The van der Waals surface area contributed by atoms with Crippen LogP contribution in [-0.4, -0.2) is 103 Å². The number of urea groups is 1. The maximum absolute atomic E-state index is 13.4. The van der Waals surface area contributed by atoms with Crippen molar-refractivity contribution in [3.05, 3.63) is 0 Å². The van der Waals surface area contributed by atoms with Crippen molar-refractivity contribution in [2.24, 2.45) is 0 Å². The summed E-state index contributed by atoms with van der Waals surface area (Å²) in [6.07, 6.45) is 68.4. The number of phosphoric ester groups is 2. The molecule has 4 amide bonds. The molecule has 0 aromatic heterocycles. The molecule has 644 valence electrons. The molecule has 0 heterocycles. The first-order valence-electron chi connectivity index (χ1n) is 45.8. The summed E-state index contributed by atoms with van der Waals surface area (Å²) in [5, 5.41) is 11.2. The number of amides is 4. The Labute approximate surface area is 722 Å². The Kier molecular flexibility index (Phi) is 89.0. The van der Waals surface area contributed by atoms with Gasteiger partial charge in [-0.1, -0.05) is 350 Å². The van der Waals surface area contributed by atoms with Crippen LogP contribution < -0.4 is 80.4 Å². The number of esters is 2. The molecule has 19 nitrogen and oxygen atoms in total. The van der Waals surface area contributed by atoms with E-state index < -0.39 is 33.8 Å². The van der Waals surface area contributed by atoms with Crippen molar-refractivity contribution in [2.45, 2.75) is 490 Å². The van der Waals surface area contributed by atoms with Gasteiger partial charge >= 0.3 is 92.7 Å². The minimum absolute atomic E-state index is 0. The van der Waals surface area contributed by atoms with E-state index in [0.29, 0.717) is 64.2 Å². The number of hydrogen-bond acceptors (Lipinski definition) is 13. The summed E-state index contributed by atoms with van der Waals surface area (Å²) in [5.74, 6) is -0.652. The van der Waals surface area contributed by atoms with Crippen LogP contribution in [0, 0.1) is 0 Å². The second kappa shape index (κ2) is 86.2. The van der Waals surface area contributed by atoms with Gasteiger partial charge in [-0.15, -0.1) is 0 Å². The molecule has 6 N–H and O–H groups in total. The zero-order chi connectivity index (χ0) is 79.2. The largest absolute Gasteiger partial charge is 1.00 e. The topological polar surface area (TPSA) is 263 Å². The first-order chi connectivity index (χ1) is 52.5. The van der Waals surface area contributed by atoms with E-state index in [1.54, 1.807) is 0 Å². The Morgan fingerprint density at radius 1 is 0.291 bits per heavy atom. The number of carbonyl (C=O) groups is 5. The SMILES string of the molecule is CCCCCCCCCCCCCC(=O)N[C@H](CCCC(CCCCCCCC)OC(=O)CCCCCCCCCCCC)COP(=O)(O)OCCNC(=O)NCCOP(=O)(O)OC[C@@H](CCCC(CCCCCCCC)OC(=O)CCCCCCCCCCCC)NC(=O)CCCCCCCCCCCCC.[H-].[H-].[Na+].[Na+]. The first kappa shape index (κ1) is 114. The van der Waals surface area contributed by atoms with E-state index >= 15 is 0 Å². The zero-order valence-electron chi connectivity index (χ0n) is 74.8. The second-order valence-electron chi connectivity index (χ2n) is 31.5. The van der Waals surface area contributed by atoms with Gasteiger partial charge in [-0.2, -0.15) is 0 Å². The fraction of sp³-hybridized carbons (Fsp3) is 0.943. The number of phosphoric acid groups is 2. The van der Waals surface area contributed by atoms with E-state index in [2.05, 4.69) is 62.8 Å². The van der Waals surface area contributed by atoms with E-state index in [9.17, 15) is 42.9 Å². The van der Waals surface area contributed by atoms with Gasteiger partial charge in [0.15, 0.2) is 0 Å². The quantitative estimate of drug-likeness (QED) is 0.0143. The van der Waals surface area contributed by atoms with Crippen LogP contribution in [0.2, 0.25) is 0 Å². The van der Waals surface area contributed by atoms with Crippen molar-refractivity contribution in [2.75, 3.05) is 39.5 Å². The van der Waals surface area contributed by atoms with Crippen LogP contribution in [0.25, 0.3) is 0 Å². The molecule has 0 radical (unpaired) electrons. The maximum Gasteiger partial charge on any atom is 1.00 e. The third kappa shape index (κ3) is 82.5. The van der Waals surface area contributed by atoms with Crippen molar-refractivity contribution in [1.29, 1.82) is 0 Å². The van der Waals surface area contributed by atoms with Gasteiger partial charge in [0, 0.05) is 38.8 Å². The van der Waals surface area contributed by atoms with Crippen LogP contribution in [0.3, 0.4) is 0 Å². The summed E-state index contributed by atoms with van der Waals surface area (Å²) < 4.78 is 60.3. The van der Waals surface area contributed by atoms with Crippen LogP contribution in [0.5, 0.6) is 0 Å². The third-order valence-electron chi connectivity index (χ3n) is 20.9. The van der Waals surface area contributed by atoms with Crippen molar-refractivity contribution in [1.82, 2.24) is 21.3 Å². The average Bonchev–Trinajstić information content (AvgIpc) is 0.924. The van der Waals surface area contributed by atoms with Gasteiger partial charge in [0.05, 0.1) is 38.5 Å². The van der Waals surface area contributed by atoms with Crippen LogP contribution in [0.15, 0.2) is 0 Å². The number of rotatable bonds is 86. The van der Waals surface area contributed by atoms with Crippen LogP contribution in [0.1, 0.15) is 468 Å². The third-order valence-corrected chi connectivity index (χ3v) is 22.9. The van der Waals surface area contributed by atoms with Gasteiger partial charge in [-0.3, -0.25) is 37.3 Å². The Morgan fingerprint density at radius 3 is 0.764 bits per heavy atom. The summed E-state index contributed by atoms with van der Waals surface area (Å²) >= 11 is 0. The molecule has 0 bridgehead atoms. The minimum Gasteiger partial charge on any atom is -1.00 e. The molecule has 0 aliphatic rings. The minimum atomic E-state index is -4.66. The number of unbranched alkanes of at least 4 members (excludes halogenated alkanes) is 48. The smallest absolute Gasteiger partial charge is 1.00 e. The van der Waals surface area contributed by atoms with Crippen LogP contribution >= 0.6 is 15.6 Å². The summed E-state index contributed by atoms with van der Waals surface area (Å²) in [5.41, 5.74) is 0. The van der Waals surface area contributed by atoms with Gasteiger partial charge < -0.3 is 43.4 Å². The molecule has 6 atom stereocenters. The van der Waals surface area contributed by atoms with E-state index in [-0.39, 0.29) is 137 Å². The summed E-state index contributed by atoms with van der Waals surface area (Å²) in [6, 6.07) is -1.91. The molecule has 0 aromatic rings. The number of carbonyl (C=O) groups excluding carboxylic acids is 5. The Morgan fingerprint density at radius 2 is 0.509 bits per heavy atom. The number of ether oxygens (including phenoxy) is 2. The van der Waals surface area contributed by atoms with Crippen molar-refractivity contribution in [3.63, 3.8) is 0 Å². The molecule has 110 heavy (non-hydrogen) atoms. The van der Waals surface area contributed by atoms with Crippen LogP contribution in [0.4, 0.5) is 4.79 Å². The van der Waals surface area contributed by atoms with Gasteiger partial charge in [0.2, 0.25) is 11.8 Å². The van der Waals surface area contributed by atoms with Gasteiger partial charge in [0.1, 0.15) is 12.2 Å². The van der Waals surface area contributed by atoms with Crippen LogP contribution in [-0.2, 0) is 55.9 Å². The number of hydrogen-bond donors (Lipinski definition) is 6. The average molecular weight is 1620 g/mol. The van der Waals surface area contributed by atoms with E-state index in [0.717, 1.165) is 141 Å². The standard InChI is InChI=1S/C87H172N4O15P2.2Na.2H/c1-7-13-19-25-31-35-39-41-45-51-57-69-83(92)90-79(63-61-67-81(65-55-49-29-23-17-11-5)105-85(94)71-59-53-47-43-37-33-27-21-15-9-3)77-103-107(97,98)101-75-73-88-87(96)89-74-76-102-108(99,100)104-78-80(91-84(93)70-58-52-46-42-40-36-32-26-20-14-8-2)64-62-68-82(66-56-50-30-24-18-12-6)106-86(95)72-60-54-48-44-38-34-28-22-16-10-4;;;;/h79-82H,7-78H2,1-6H3,(H,90,92)(H,91,93)(H,97,98)(H,99,100)(H2,88,89,96);;;;/q;2*+1;2*-1/t79-,80-,81?,82?;;;;/m1..../s1. The zero-order valence-corrected chi connectivity index (χ0v) is 78.6. The van der Waals surface area contributed by atoms with Gasteiger partial charge in [-0.25, -0.2) is 13.9 Å². The molecule has 0 saturated heterocycles. The molecule has 0 rings (SSSR count). The van der Waals surface area contributed by atoms with E-state index in [1.807, 2.05) is 0 Å². The molecule has 0 aromatic carbocycles. The number of nitrogens with one attached hydrogen (secondary N) is 4. The van der Waals surface area contributed by atoms with Crippen molar-refractivity contribution < 1.29 is 132 Å². The van der Waals surface area contributed by atoms with Gasteiger partial charge in [0.25, 0.3) is 0 Å². The molecular formula is C87H174N4Na2O15P2. The summed E-state index contributed by atoms with van der Waals surface area (Å²) in [6.45, 7) is 11.6. The van der Waals surface area contributed by atoms with E-state index in [4.69, 9.17) is 27.6 Å². The van der Waals surface area contributed by atoms with E-state index in [1.165, 1.54) is 218 Å². The molecule has 0 fully saturated rings. The molecular weight excluding hydrogens is 1450 g/mol. The molecule has 0 saturated carbocycles. The maximum atomic E-state index is 13.4. The Balaban J connectivity index is -0.00000954. The molecule has 0 aliphatic carbocycles. The Hall–Kier alpha value is -0.630. The van der Waals surface area contributed by atoms with Crippen molar-refractivity contribution in [3.8, 4) is 0 Å². The molecule has 23 heteroatoms. The fourth-order valence-electron chi connectivity index (χ4n) is 14.1. The van der Waals surface area contributed by atoms with Crippen molar-refractivity contribution >= 4 is 45.4 Å². The predicted molar refractivity (Wildman–Crippen MR) is 449 cm³/mol. The summed E-state index contributed by atoms with van der Waals surface area (Å²) in [4.78, 5) is 87.7.